The fourth-order valence-corrected chi connectivity index (χ4v) is 3.53. The predicted molar refractivity (Wildman–Crippen MR) is 123 cm³/mol. The van der Waals surface area contributed by atoms with Crippen molar-refractivity contribution < 1.29 is 0 Å². The van der Waals surface area contributed by atoms with E-state index in [9.17, 15) is 0 Å². The van der Waals surface area contributed by atoms with E-state index in [1.807, 2.05) is 28.9 Å². The Balaban J connectivity index is 0.000000302. The third kappa shape index (κ3) is 9.18. The van der Waals surface area contributed by atoms with Crippen molar-refractivity contribution in [3.8, 4) is 0 Å². The monoisotopic (exact) mass is 388 g/mol. The minimum atomic E-state index is 0.876. The van der Waals surface area contributed by atoms with Crippen LogP contribution in [0.1, 0.15) is 86.0 Å². The van der Waals surface area contributed by atoms with Crippen molar-refractivity contribution in [3.05, 3.63) is 24.3 Å². The van der Waals surface area contributed by atoms with Gasteiger partial charge in [0.1, 0.15) is 5.52 Å². The Hall–Kier alpha value is -1.42. The van der Waals surface area contributed by atoms with Gasteiger partial charge in [0.2, 0.25) is 0 Å². The molecule has 4 nitrogen and oxygen atoms in total. The lowest BCUT2D eigenvalue weighted by atomic mass is 9.97. The first-order chi connectivity index (χ1) is 13.7. The Morgan fingerprint density at radius 1 is 0.857 bits per heavy atom. The van der Waals surface area contributed by atoms with Gasteiger partial charge in [-0.25, -0.2) is 4.68 Å². The molecule has 0 aliphatic heterocycles. The van der Waals surface area contributed by atoms with Crippen LogP contribution in [-0.2, 0) is 6.54 Å². The maximum absolute atomic E-state index is 4.00. The standard InChI is InChI=1S/C16H35N.C8H9N3/c1-5-9-11-15(7-3)13-17-14-16(8-4)12-10-6-2;1-2-11-8-6-4-3-5-7(8)9-10-11/h15-17H,5-14H2,1-4H3;3-6H,2H2,1H3. The number of hydrogen-bond acceptors (Lipinski definition) is 3. The Morgan fingerprint density at radius 2 is 1.43 bits per heavy atom. The molecule has 0 saturated carbocycles. The maximum atomic E-state index is 4.00. The number of nitrogens with one attached hydrogen (secondary N) is 1. The Morgan fingerprint density at radius 3 is 1.93 bits per heavy atom. The van der Waals surface area contributed by atoms with Gasteiger partial charge in [-0.05, 0) is 56.8 Å². The summed E-state index contributed by atoms with van der Waals surface area (Å²) in [4.78, 5) is 0. The summed E-state index contributed by atoms with van der Waals surface area (Å²) in [5, 5.41) is 11.7. The Labute approximate surface area is 173 Å². The SMILES string of the molecule is CCCCC(CC)CNCC(CC)CCCC.CCn1nnc2ccccc21. The van der Waals surface area contributed by atoms with E-state index in [1.54, 1.807) is 0 Å². The van der Waals surface area contributed by atoms with Crippen LogP contribution < -0.4 is 5.32 Å². The highest BCUT2D eigenvalue weighted by Gasteiger charge is 2.08. The summed E-state index contributed by atoms with van der Waals surface area (Å²) in [6.07, 6.45) is 10.9. The van der Waals surface area contributed by atoms with Crippen molar-refractivity contribution in [2.75, 3.05) is 13.1 Å². The number of aryl methyl sites for hydroxylation is 1. The number of para-hydroxylation sites is 1. The van der Waals surface area contributed by atoms with Crippen molar-refractivity contribution >= 4 is 11.0 Å². The molecular formula is C24H44N4. The second kappa shape index (κ2) is 15.5. The first-order valence-electron chi connectivity index (χ1n) is 11.7. The minimum absolute atomic E-state index is 0.876. The molecular weight excluding hydrogens is 344 g/mol. The summed E-state index contributed by atoms with van der Waals surface area (Å²) in [6.45, 7) is 14.6. The second-order valence-corrected chi connectivity index (χ2v) is 7.89. The molecule has 1 aromatic carbocycles. The van der Waals surface area contributed by atoms with Crippen molar-refractivity contribution in [3.63, 3.8) is 0 Å². The van der Waals surface area contributed by atoms with Crippen molar-refractivity contribution in [2.24, 2.45) is 11.8 Å². The summed E-state index contributed by atoms with van der Waals surface area (Å²) in [6, 6.07) is 7.96. The summed E-state index contributed by atoms with van der Waals surface area (Å²) in [5.74, 6) is 1.80. The lowest BCUT2D eigenvalue weighted by Gasteiger charge is -2.19. The molecule has 2 aromatic rings. The maximum Gasteiger partial charge on any atom is 0.113 e. The molecule has 0 radical (unpaired) electrons. The zero-order chi connectivity index (χ0) is 20.6. The van der Waals surface area contributed by atoms with Gasteiger partial charge in [-0.15, -0.1) is 5.10 Å². The van der Waals surface area contributed by atoms with E-state index in [0.717, 1.165) is 29.4 Å². The summed E-state index contributed by atoms with van der Waals surface area (Å²) in [5.41, 5.74) is 2.07. The van der Waals surface area contributed by atoms with Crippen molar-refractivity contribution in [1.29, 1.82) is 0 Å². The number of aromatic nitrogens is 3. The number of rotatable bonds is 13. The van der Waals surface area contributed by atoms with Crippen LogP contribution in [0.3, 0.4) is 0 Å². The Bertz CT molecular complexity index is 591. The van der Waals surface area contributed by atoms with E-state index in [2.05, 4.69) is 50.2 Å². The fourth-order valence-electron chi connectivity index (χ4n) is 3.53. The molecule has 0 amide bonds. The van der Waals surface area contributed by atoms with Crippen LogP contribution >= 0.6 is 0 Å². The lowest BCUT2D eigenvalue weighted by Crippen LogP contribution is -2.28. The highest BCUT2D eigenvalue weighted by Crippen LogP contribution is 2.14. The van der Waals surface area contributed by atoms with E-state index >= 15 is 0 Å². The molecule has 1 N–H and O–H groups in total. The molecule has 2 atom stereocenters. The average Bonchev–Trinajstić information content (AvgIpc) is 3.16. The topological polar surface area (TPSA) is 42.7 Å². The van der Waals surface area contributed by atoms with E-state index in [1.165, 1.54) is 64.5 Å². The molecule has 0 aliphatic carbocycles. The molecule has 2 unspecified atom stereocenters. The van der Waals surface area contributed by atoms with Crippen LogP contribution in [0.2, 0.25) is 0 Å². The van der Waals surface area contributed by atoms with Crippen molar-refractivity contribution in [1.82, 2.24) is 20.3 Å². The van der Waals surface area contributed by atoms with Gasteiger partial charge < -0.3 is 5.32 Å². The first-order valence-corrected chi connectivity index (χ1v) is 11.7. The molecule has 28 heavy (non-hydrogen) atoms. The third-order valence-corrected chi connectivity index (χ3v) is 5.67. The fraction of sp³-hybridized carbons (Fsp3) is 0.750. The molecule has 0 aliphatic rings. The second-order valence-electron chi connectivity index (χ2n) is 7.89. The molecule has 1 heterocycles. The van der Waals surface area contributed by atoms with Gasteiger partial charge in [-0.3, -0.25) is 0 Å². The first kappa shape index (κ1) is 24.6. The molecule has 0 bridgehead atoms. The number of nitrogens with zero attached hydrogens (tertiary/aromatic N) is 3. The highest BCUT2D eigenvalue weighted by atomic mass is 15.4. The van der Waals surface area contributed by atoms with E-state index in [4.69, 9.17) is 0 Å². The van der Waals surface area contributed by atoms with Gasteiger partial charge in [0.15, 0.2) is 0 Å². The van der Waals surface area contributed by atoms with E-state index < -0.39 is 0 Å². The minimum Gasteiger partial charge on any atom is -0.316 e. The lowest BCUT2D eigenvalue weighted by molar-refractivity contribution is 0.372. The molecule has 2 rings (SSSR count). The normalized spacial score (nSPS) is 13.2. The van der Waals surface area contributed by atoms with Crippen LogP contribution in [0.15, 0.2) is 24.3 Å². The van der Waals surface area contributed by atoms with Gasteiger partial charge in [-0.1, -0.05) is 83.6 Å². The van der Waals surface area contributed by atoms with E-state index in [0.29, 0.717) is 0 Å². The smallest absolute Gasteiger partial charge is 0.113 e. The third-order valence-electron chi connectivity index (χ3n) is 5.67. The van der Waals surface area contributed by atoms with Gasteiger partial charge >= 0.3 is 0 Å². The van der Waals surface area contributed by atoms with Gasteiger partial charge in [0.25, 0.3) is 0 Å². The number of fused-ring (bicyclic) bond motifs is 1. The summed E-state index contributed by atoms with van der Waals surface area (Å²) >= 11 is 0. The molecule has 160 valence electrons. The molecule has 1 aromatic heterocycles. The number of unbranched alkanes of at least 4 members (excludes halogenated alkanes) is 2. The zero-order valence-electron chi connectivity index (χ0n) is 19.1. The van der Waals surface area contributed by atoms with Crippen LogP contribution in [0.25, 0.3) is 11.0 Å². The zero-order valence-corrected chi connectivity index (χ0v) is 19.1. The largest absolute Gasteiger partial charge is 0.316 e. The van der Waals surface area contributed by atoms with Crippen LogP contribution in [0.4, 0.5) is 0 Å². The summed E-state index contributed by atoms with van der Waals surface area (Å²) in [7, 11) is 0. The van der Waals surface area contributed by atoms with Gasteiger partial charge in [0, 0.05) is 6.54 Å². The van der Waals surface area contributed by atoms with E-state index in [-0.39, 0.29) is 0 Å². The van der Waals surface area contributed by atoms with Crippen molar-refractivity contribution in [2.45, 2.75) is 92.5 Å². The van der Waals surface area contributed by atoms with Gasteiger partial charge in [-0.2, -0.15) is 0 Å². The Kier molecular flexibility index (Phi) is 13.6. The number of hydrogen-bond donors (Lipinski definition) is 1. The summed E-state index contributed by atoms with van der Waals surface area (Å²) < 4.78 is 1.88. The molecule has 4 heteroatoms. The van der Waals surface area contributed by atoms with Crippen LogP contribution in [0.5, 0.6) is 0 Å². The van der Waals surface area contributed by atoms with Crippen LogP contribution in [0, 0.1) is 11.8 Å². The molecule has 0 spiro atoms. The highest BCUT2D eigenvalue weighted by molar-refractivity contribution is 5.73. The predicted octanol–water partition coefficient (Wildman–Crippen LogP) is 6.46. The number of benzene rings is 1. The quantitative estimate of drug-likeness (QED) is 0.428. The van der Waals surface area contributed by atoms with Crippen LogP contribution in [-0.4, -0.2) is 28.1 Å². The van der Waals surface area contributed by atoms with Gasteiger partial charge in [0.05, 0.1) is 5.52 Å². The molecule has 0 saturated heterocycles. The average molecular weight is 389 g/mol. The molecule has 0 fully saturated rings.